The zero-order valence-corrected chi connectivity index (χ0v) is 43.7. The summed E-state index contributed by atoms with van der Waals surface area (Å²) in [4.78, 5) is 65.8. The molecule has 0 radical (unpaired) electrons. The lowest BCUT2D eigenvalue weighted by Crippen LogP contribution is -2.21. The van der Waals surface area contributed by atoms with Crippen molar-refractivity contribution < 1.29 is 69.7 Å². The standard InChI is InChI=1S/C14H14F3N3O.C14H11F3N2O2.C9H13NO2.C7H10N2.C6H8O2.C2H4O2.ClH.H3N/c15-14(16,17)21-10-6-4-9(5-7-10)20-13-3-1-2-12(18)11(13)8-19-20;15-14(16,17)21-10-6-4-9(5-7-10)19-12-2-1-3-13(20)11(12)8-18-19;1-10(2)6-7-8(11)4-3-5-9(7)12;1-6-2-4-7(9-8)5-3-6;7-5-2-1-3-6(8)4-5;1-2(3)4;;/h4-8,12H,1-3,18H2;4-8H,1-3H2;6H,3-5H2,1-2H3;2-5,9H,8H2,1H3;1-4H2;1H3,(H,3,4);1H;1H3. The fraction of sp³-hybridized carbons (Fsp3) is 0.385. The summed E-state index contributed by atoms with van der Waals surface area (Å²) in [6, 6.07) is 18.9. The Morgan fingerprint density at radius 3 is 1.56 bits per heavy atom. The summed E-state index contributed by atoms with van der Waals surface area (Å²) in [5, 5.41) is 15.9. The molecule has 2 heterocycles. The summed E-state index contributed by atoms with van der Waals surface area (Å²) in [6.07, 6.45) is 4.19. The summed E-state index contributed by atoms with van der Waals surface area (Å²) in [6.45, 7) is 3.13. The number of benzene rings is 3. The first-order valence-corrected chi connectivity index (χ1v) is 23.7. The maximum Gasteiger partial charge on any atom is 0.573 e. The molecule has 4 aliphatic carbocycles. The fourth-order valence-corrected chi connectivity index (χ4v) is 7.78. The summed E-state index contributed by atoms with van der Waals surface area (Å²) in [7, 11) is 3.62. The van der Waals surface area contributed by atoms with Gasteiger partial charge in [0.15, 0.2) is 17.3 Å². The van der Waals surface area contributed by atoms with E-state index in [2.05, 4.69) is 25.1 Å². The smallest absolute Gasteiger partial charge is 0.481 e. The minimum absolute atomic E-state index is 0. The normalized spacial score (nSPS) is 15.5. The van der Waals surface area contributed by atoms with Crippen LogP contribution in [0, 0.1) is 6.92 Å². The maximum absolute atomic E-state index is 12.1. The van der Waals surface area contributed by atoms with Crippen LogP contribution in [-0.4, -0.2) is 91.3 Å². The van der Waals surface area contributed by atoms with Crippen LogP contribution in [0.25, 0.3) is 11.4 Å². The van der Waals surface area contributed by atoms with Gasteiger partial charge in [0.25, 0.3) is 5.97 Å². The number of carboxylic acids is 1. The van der Waals surface area contributed by atoms with Crippen LogP contribution in [0.15, 0.2) is 97.0 Å². The van der Waals surface area contributed by atoms with Crippen molar-refractivity contribution in [2.24, 2.45) is 11.6 Å². The number of nitrogen functional groups attached to an aromatic ring is 1. The highest BCUT2D eigenvalue weighted by Crippen LogP contribution is 2.31. The minimum atomic E-state index is -4.71. The van der Waals surface area contributed by atoms with Crippen LogP contribution in [0.2, 0.25) is 0 Å². The zero-order valence-electron chi connectivity index (χ0n) is 42.9. The van der Waals surface area contributed by atoms with E-state index < -0.39 is 18.7 Å². The number of aryl methyl sites for hydroxylation is 1. The average Bonchev–Trinajstić information content (AvgIpc) is 3.98. The topological polar surface area (TPSA) is 279 Å². The number of carboxylic acid groups (broad SMARTS) is 1. The molecule has 1 unspecified atom stereocenters. The molecule has 77 heavy (non-hydrogen) atoms. The Kier molecular flexibility index (Phi) is 26.4. The quantitative estimate of drug-likeness (QED) is 0.0264. The number of aromatic nitrogens is 4. The van der Waals surface area contributed by atoms with Crippen molar-refractivity contribution in [1.29, 1.82) is 0 Å². The molecule has 2 saturated carbocycles. The zero-order chi connectivity index (χ0) is 55.5. The number of alkyl halides is 6. The Hall–Kier alpha value is -7.41. The van der Waals surface area contributed by atoms with Crippen molar-refractivity contribution >= 4 is 53.0 Å². The predicted molar refractivity (Wildman–Crippen MR) is 276 cm³/mol. The molecule has 3 aromatic carbocycles. The number of carbonyl (C=O) groups excluding carboxylic acids is 5. The molecule has 2 aromatic heterocycles. The molecule has 0 amide bonds. The Labute approximate surface area is 447 Å². The molecule has 0 saturated heterocycles. The van der Waals surface area contributed by atoms with E-state index in [9.17, 15) is 50.3 Å². The highest BCUT2D eigenvalue weighted by Gasteiger charge is 2.32. The number of anilines is 1. The lowest BCUT2D eigenvalue weighted by atomic mass is 9.93. The van der Waals surface area contributed by atoms with Gasteiger partial charge in [-0.05, 0) is 113 Å². The van der Waals surface area contributed by atoms with E-state index in [0.29, 0.717) is 61.0 Å². The van der Waals surface area contributed by atoms with Gasteiger partial charge in [-0.3, -0.25) is 34.6 Å². The molecular formula is C52H64ClF6N9O9. The Morgan fingerprint density at radius 1 is 0.688 bits per heavy atom. The van der Waals surface area contributed by atoms with Gasteiger partial charge in [0, 0.05) is 82.3 Å². The van der Waals surface area contributed by atoms with Gasteiger partial charge in [-0.25, -0.2) is 9.36 Å². The van der Waals surface area contributed by atoms with Gasteiger partial charge < -0.3 is 36.8 Å². The van der Waals surface area contributed by atoms with Crippen molar-refractivity contribution in [3.05, 3.63) is 125 Å². The predicted octanol–water partition coefficient (Wildman–Crippen LogP) is 9.80. The highest BCUT2D eigenvalue weighted by atomic mass is 35.5. The second-order valence-corrected chi connectivity index (χ2v) is 17.6. The van der Waals surface area contributed by atoms with Crippen LogP contribution in [0.3, 0.4) is 0 Å². The van der Waals surface area contributed by atoms with Gasteiger partial charge in [-0.15, -0.1) is 38.7 Å². The van der Waals surface area contributed by atoms with Gasteiger partial charge in [0.2, 0.25) is 0 Å². The second kappa shape index (κ2) is 31.0. The number of aliphatic carboxylic acids is 1. The number of Topliss-reactive ketones (excluding diaryl/α,β-unsaturated/α-hetero) is 5. The summed E-state index contributed by atoms with van der Waals surface area (Å²) < 4.78 is 83.7. The summed E-state index contributed by atoms with van der Waals surface area (Å²) in [5.74, 6) is 4.03. The van der Waals surface area contributed by atoms with Crippen molar-refractivity contribution in [2.75, 3.05) is 19.5 Å². The number of allylic oxidation sites excluding steroid dienone is 1. The summed E-state index contributed by atoms with van der Waals surface area (Å²) >= 11 is 0. The number of ketones is 5. The molecule has 4 aliphatic rings. The first kappa shape index (κ1) is 65.7. The SMILES string of the molecule is CC(=O)O.CN(C)C=C1C(=O)CCCC1=O.Cc1ccc(NN)cc1.Cl.N.NC1CCCc2c1cnn2-c1ccc(OC(F)(F)F)cc1.O=C1CCCC(=O)C1.O=C1CCCc2c1cnn2-c1ccc(OC(F)(F)F)cc1. The fourth-order valence-electron chi connectivity index (χ4n) is 7.78. The van der Waals surface area contributed by atoms with Crippen LogP contribution in [0.4, 0.5) is 32.0 Å². The third-order valence-corrected chi connectivity index (χ3v) is 11.2. The lowest BCUT2D eigenvalue weighted by molar-refractivity contribution is -0.275. The third kappa shape index (κ3) is 22.4. The van der Waals surface area contributed by atoms with Gasteiger partial charge >= 0.3 is 12.7 Å². The van der Waals surface area contributed by atoms with Crippen LogP contribution in [0.1, 0.15) is 116 Å². The molecule has 0 bridgehead atoms. The monoisotopic (exact) mass is 1110 g/mol. The van der Waals surface area contributed by atoms with Crippen molar-refractivity contribution in [2.45, 2.75) is 116 Å². The largest absolute Gasteiger partial charge is 0.573 e. The molecule has 1 atom stereocenters. The van der Waals surface area contributed by atoms with E-state index in [-0.39, 0.29) is 71.4 Å². The number of carbonyl (C=O) groups is 6. The molecule has 0 aliphatic heterocycles. The number of hydrogen-bond acceptors (Lipinski definition) is 15. The molecule has 9 N–H and O–H groups in total. The van der Waals surface area contributed by atoms with Crippen molar-refractivity contribution in [1.82, 2.24) is 30.6 Å². The van der Waals surface area contributed by atoms with Gasteiger partial charge in [-0.1, -0.05) is 17.7 Å². The molecular weight excluding hydrogens is 1040 g/mol. The Balaban J connectivity index is 0.000000337. The number of fused-ring (bicyclic) bond motifs is 2. The number of halogens is 7. The number of hydrogen-bond donors (Lipinski definition) is 5. The minimum Gasteiger partial charge on any atom is -0.481 e. The average molecular weight is 1110 g/mol. The van der Waals surface area contributed by atoms with Crippen LogP contribution in [-0.2, 0) is 36.8 Å². The molecule has 9 rings (SSSR count). The number of hydrazine groups is 1. The molecule has 2 fully saturated rings. The first-order valence-electron chi connectivity index (χ1n) is 23.7. The Morgan fingerprint density at radius 2 is 1.12 bits per heavy atom. The van der Waals surface area contributed by atoms with Gasteiger partial charge in [-0.2, -0.15) is 10.2 Å². The summed E-state index contributed by atoms with van der Waals surface area (Å²) in [5.41, 5.74) is 15.9. The second-order valence-electron chi connectivity index (χ2n) is 17.6. The van der Waals surface area contributed by atoms with E-state index in [1.807, 2.05) is 45.3 Å². The number of ether oxygens (including phenoxy) is 2. The molecule has 420 valence electrons. The maximum atomic E-state index is 12.1. The van der Waals surface area contributed by atoms with E-state index in [4.69, 9.17) is 21.5 Å². The number of rotatable bonds is 6. The number of nitrogens with zero attached hydrogens (tertiary/aromatic N) is 5. The van der Waals surface area contributed by atoms with Crippen LogP contribution in [0.5, 0.6) is 11.5 Å². The van der Waals surface area contributed by atoms with Crippen LogP contribution < -0.4 is 32.6 Å². The number of nitrogens with one attached hydrogen (secondary N) is 1. The van der Waals surface area contributed by atoms with Gasteiger partial charge in [0.05, 0.1) is 47.0 Å². The first-order chi connectivity index (χ1) is 35.3. The molecule has 25 heteroatoms. The van der Waals surface area contributed by atoms with E-state index in [0.717, 1.165) is 68.1 Å². The number of nitrogens with two attached hydrogens (primary N) is 2. The van der Waals surface area contributed by atoms with E-state index >= 15 is 0 Å². The molecule has 0 spiro atoms. The Bertz CT molecular complexity index is 2730. The van der Waals surface area contributed by atoms with E-state index in [1.54, 1.807) is 38.8 Å². The van der Waals surface area contributed by atoms with Crippen molar-refractivity contribution in [3.8, 4) is 22.9 Å². The third-order valence-electron chi connectivity index (χ3n) is 11.2. The van der Waals surface area contributed by atoms with E-state index in [1.165, 1.54) is 48.2 Å². The van der Waals surface area contributed by atoms with Crippen LogP contribution >= 0.6 is 12.4 Å². The van der Waals surface area contributed by atoms with Crippen molar-refractivity contribution in [3.63, 3.8) is 0 Å². The highest BCUT2D eigenvalue weighted by molar-refractivity contribution is 6.21. The van der Waals surface area contributed by atoms with Gasteiger partial charge in [0.1, 0.15) is 23.1 Å². The molecule has 18 nitrogen and oxygen atoms in total. The molecule has 5 aromatic rings. The lowest BCUT2D eigenvalue weighted by Gasteiger charge is -2.19.